The molecule has 0 amide bonds. The number of para-hydroxylation sites is 1. The van der Waals surface area contributed by atoms with E-state index < -0.39 is 0 Å². The smallest absolute Gasteiger partial charge is 0.119 e. The Morgan fingerprint density at radius 2 is 1.95 bits per heavy atom. The van der Waals surface area contributed by atoms with E-state index in [-0.39, 0.29) is 6.04 Å². The third-order valence-corrected chi connectivity index (χ3v) is 3.56. The molecule has 1 atom stereocenters. The van der Waals surface area contributed by atoms with E-state index in [4.69, 9.17) is 4.74 Å². The van der Waals surface area contributed by atoms with Crippen LogP contribution in [0.2, 0.25) is 0 Å². The van der Waals surface area contributed by atoms with Crippen LogP contribution in [0.4, 0.5) is 0 Å². The highest BCUT2D eigenvalue weighted by molar-refractivity contribution is 5.27. The number of benzene rings is 1. The minimum atomic E-state index is 0.281. The third kappa shape index (κ3) is 3.39. The number of hydrogen-bond acceptors (Lipinski definition) is 3. The molecule has 4 nitrogen and oxygen atoms in total. The number of aryl methyl sites for hydroxylation is 2. The van der Waals surface area contributed by atoms with Crippen LogP contribution in [0, 0.1) is 13.8 Å². The van der Waals surface area contributed by atoms with Crippen LogP contribution in [0.15, 0.2) is 30.3 Å². The molecule has 1 N–H and O–H groups in total. The van der Waals surface area contributed by atoms with Crippen LogP contribution in [0.1, 0.15) is 29.9 Å². The summed E-state index contributed by atoms with van der Waals surface area (Å²) >= 11 is 0. The Hall–Kier alpha value is -1.81. The maximum absolute atomic E-state index is 5.67. The molecule has 2 aromatic rings. The first-order valence-corrected chi connectivity index (χ1v) is 7.01. The standard InChI is InChI=1S/C16H23N3O/c1-12(16-13(2)18-19(4)14(16)3)17-10-11-20-15-8-6-5-7-9-15/h5-9,12,17H,10-11H2,1-4H3. The van der Waals surface area contributed by atoms with Crippen LogP contribution < -0.4 is 10.1 Å². The Balaban J connectivity index is 1.82. The van der Waals surface area contributed by atoms with Crippen molar-refractivity contribution < 1.29 is 4.74 Å². The molecule has 0 fully saturated rings. The molecule has 0 aliphatic rings. The summed E-state index contributed by atoms with van der Waals surface area (Å²) in [7, 11) is 1.98. The van der Waals surface area contributed by atoms with Gasteiger partial charge in [-0.15, -0.1) is 0 Å². The van der Waals surface area contributed by atoms with Gasteiger partial charge in [0.2, 0.25) is 0 Å². The average molecular weight is 273 g/mol. The molecule has 0 spiro atoms. The van der Waals surface area contributed by atoms with Crippen LogP contribution in [-0.2, 0) is 7.05 Å². The molecule has 0 aliphatic carbocycles. The van der Waals surface area contributed by atoms with Crippen molar-refractivity contribution in [2.24, 2.45) is 7.05 Å². The van der Waals surface area contributed by atoms with Crippen LogP contribution in [0.5, 0.6) is 5.75 Å². The van der Waals surface area contributed by atoms with E-state index in [0.29, 0.717) is 6.61 Å². The summed E-state index contributed by atoms with van der Waals surface area (Å²) < 4.78 is 7.61. The minimum Gasteiger partial charge on any atom is -0.492 e. The molecule has 0 saturated carbocycles. The van der Waals surface area contributed by atoms with Crippen molar-refractivity contribution in [2.45, 2.75) is 26.8 Å². The predicted octanol–water partition coefficient (Wildman–Crippen LogP) is 2.77. The zero-order valence-corrected chi connectivity index (χ0v) is 12.7. The van der Waals surface area contributed by atoms with E-state index in [1.165, 1.54) is 11.3 Å². The summed E-state index contributed by atoms with van der Waals surface area (Å²) in [6, 6.07) is 10.2. The molecule has 0 bridgehead atoms. The van der Waals surface area contributed by atoms with E-state index in [0.717, 1.165) is 18.0 Å². The maximum Gasteiger partial charge on any atom is 0.119 e. The zero-order chi connectivity index (χ0) is 14.5. The lowest BCUT2D eigenvalue weighted by atomic mass is 10.1. The van der Waals surface area contributed by atoms with Gasteiger partial charge in [-0.05, 0) is 32.9 Å². The second-order valence-corrected chi connectivity index (χ2v) is 5.05. The van der Waals surface area contributed by atoms with Crippen LogP contribution in [0.3, 0.4) is 0 Å². The first-order chi connectivity index (χ1) is 9.59. The number of hydrogen-bond donors (Lipinski definition) is 1. The summed E-state index contributed by atoms with van der Waals surface area (Å²) in [6.07, 6.45) is 0. The molecule has 1 aromatic heterocycles. The lowest BCUT2D eigenvalue weighted by Crippen LogP contribution is -2.25. The van der Waals surface area contributed by atoms with E-state index in [1.807, 2.05) is 42.1 Å². The summed E-state index contributed by atoms with van der Waals surface area (Å²) in [5.74, 6) is 0.913. The highest BCUT2D eigenvalue weighted by Gasteiger charge is 2.15. The summed E-state index contributed by atoms with van der Waals surface area (Å²) in [5.41, 5.74) is 3.59. The van der Waals surface area contributed by atoms with Gasteiger partial charge in [0.05, 0.1) is 5.69 Å². The Kier molecular flexibility index (Phi) is 4.79. The van der Waals surface area contributed by atoms with Gasteiger partial charge in [0.1, 0.15) is 12.4 Å². The molecule has 108 valence electrons. The minimum absolute atomic E-state index is 0.281. The van der Waals surface area contributed by atoms with E-state index >= 15 is 0 Å². The highest BCUT2D eigenvalue weighted by Crippen LogP contribution is 2.20. The van der Waals surface area contributed by atoms with E-state index in [1.54, 1.807) is 0 Å². The molecular weight excluding hydrogens is 250 g/mol. The van der Waals surface area contributed by atoms with Crippen LogP contribution in [-0.4, -0.2) is 22.9 Å². The number of rotatable bonds is 6. The van der Waals surface area contributed by atoms with Gasteiger partial charge in [-0.25, -0.2) is 0 Å². The van der Waals surface area contributed by atoms with Crippen molar-refractivity contribution in [2.75, 3.05) is 13.2 Å². The van der Waals surface area contributed by atoms with E-state index in [2.05, 4.69) is 31.2 Å². The number of nitrogens with one attached hydrogen (secondary N) is 1. The van der Waals surface area contributed by atoms with Crippen molar-refractivity contribution >= 4 is 0 Å². The molecule has 20 heavy (non-hydrogen) atoms. The second-order valence-electron chi connectivity index (χ2n) is 5.05. The zero-order valence-electron chi connectivity index (χ0n) is 12.7. The van der Waals surface area contributed by atoms with Crippen LogP contribution >= 0.6 is 0 Å². The number of nitrogens with zero attached hydrogens (tertiary/aromatic N) is 2. The number of aromatic nitrogens is 2. The van der Waals surface area contributed by atoms with Gasteiger partial charge in [0, 0.05) is 30.9 Å². The average Bonchev–Trinajstić information content (AvgIpc) is 2.69. The fourth-order valence-corrected chi connectivity index (χ4v) is 2.48. The van der Waals surface area contributed by atoms with Gasteiger partial charge < -0.3 is 10.1 Å². The molecule has 1 unspecified atom stereocenters. The molecule has 1 aromatic carbocycles. The molecule has 0 saturated heterocycles. The quantitative estimate of drug-likeness (QED) is 0.823. The first kappa shape index (κ1) is 14.6. The highest BCUT2D eigenvalue weighted by atomic mass is 16.5. The topological polar surface area (TPSA) is 39.1 Å². The predicted molar refractivity (Wildman–Crippen MR) is 81.0 cm³/mol. The van der Waals surface area contributed by atoms with Gasteiger partial charge in [0.25, 0.3) is 0 Å². The molecular formula is C16H23N3O. The second kappa shape index (κ2) is 6.57. The Labute approximate surface area is 120 Å². The lowest BCUT2D eigenvalue weighted by molar-refractivity contribution is 0.307. The summed E-state index contributed by atoms with van der Waals surface area (Å²) in [5, 5.41) is 7.94. The van der Waals surface area contributed by atoms with Gasteiger partial charge in [-0.3, -0.25) is 4.68 Å². The fraction of sp³-hybridized carbons (Fsp3) is 0.438. The summed E-state index contributed by atoms with van der Waals surface area (Å²) in [4.78, 5) is 0. The third-order valence-electron chi connectivity index (χ3n) is 3.56. The van der Waals surface area contributed by atoms with Crippen molar-refractivity contribution in [3.05, 3.63) is 47.3 Å². The van der Waals surface area contributed by atoms with E-state index in [9.17, 15) is 0 Å². The monoisotopic (exact) mass is 273 g/mol. The molecule has 2 rings (SSSR count). The first-order valence-electron chi connectivity index (χ1n) is 7.01. The van der Waals surface area contributed by atoms with Crippen LogP contribution in [0.25, 0.3) is 0 Å². The van der Waals surface area contributed by atoms with Crippen molar-refractivity contribution in [1.82, 2.24) is 15.1 Å². The van der Waals surface area contributed by atoms with Crippen molar-refractivity contribution in [3.63, 3.8) is 0 Å². The number of ether oxygens (including phenoxy) is 1. The Morgan fingerprint density at radius 1 is 1.25 bits per heavy atom. The summed E-state index contributed by atoms with van der Waals surface area (Å²) in [6.45, 7) is 7.80. The molecule has 0 aliphatic heterocycles. The SMILES string of the molecule is Cc1nn(C)c(C)c1C(C)NCCOc1ccccc1. The largest absolute Gasteiger partial charge is 0.492 e. The maximum atomic E-state index is 5.67. The normalized spacial score (nSPS) is 12.4. The Morgan fingerprint density at radius 3 is 2.55 bits per heavy atom. The fourth-order valence-electron chi connectivity index (χ4n) is 2.48. The Bertz CT molecular complexity index is 548. The van der Waals surface area contributed by atoms with Gasteiger partial charge in [-0.2, -0.15) is 5.10 Å². The van der Waals surface area contributed by atoms with Crippen molar-refractivity contribution in [3.8, 4) is 5.75 Å². The van der Waals surface area contributed by atoms with Gasteiger partial charge >= 0.3 is 0 Å². The van der Waals surface area contributed by atoms with Gasteiger partial charge in [0.15, 0.2) is 0 Å². The molecule has 0 radical (unpaired) electrons. The van der Waals surface area contributed by atoms with Crippen molar-refractivity contribution in [1.29, 1.82) is 0 Å². The molecule has 1 heterocycles. The molecule has 4 heteroatoms. The van der Waals surface area contributed by atoms with Gasteiger partial charge in [-0.1, -0.05) is 18.2 Å². The lowest BCUT2D eigenvalue weighted by Gasteiger charge is -2.15.